The molecule has 4 heteroatoms. The molecule has 1 aromatic heterocycles. The average molecular weight is 274 g/mol. The maximum absolute atomic E-state index is 4.49. The van der Waals surface area contributed by atoms with Crippen LogP contribution in [0.15, 0.2) is 18.3 Å². The number of likely N-dealkylation sites (tertiary alicyclic amines) is 2. The van der Waals surface area contributed by atoms with Gasteiger partial charge in [0.1, 0.15) is 0 Å². The van der Waals surface area contributed by atoms with Gasteiger partial charge in [0.2, 0.25) is 0 Å². The lowest BCUT2D eigenvalue weighted by molar-refractivity contribution is 0.161. The van der Waals surface area contributed by atoms with E-state index in [0.717, 1.165) is 18.3 Å². The Bertz CT molecular complexity index is 428. The van der Waals surface area contributed by atoms with E-state index in [1.807, 2.05) is 19.3 Å². The molecule has 2 saturated heterocycles. The predicted molar refractivity (Wildman–Crippen MR) is 82.9 cm³/mol. The highest BCUT2D eigenvalue weighted by Crippen LogP contribution is 2.21. The van der Waals surface area contributed by atoms with Crippen molar-refractivity contribution in [2.75, 3.05) is 38.5 Å². The fourth-order valence-corrected chi connectivity index (χ4v) is 3.49. The van der Waals surface area contributed by atoms with Gasteiger partial charge in [0, 0.05) is 44.6 Å². The van der Waals surface area contributed by atoms with E-state index in [-0.39, 0.29) is 0 Å². The molecule has 1 atom stereocenters. The highest BCUT2D eigenvalue weighted by Gasteiger charge is 2.28. The largest absolute Gasteiger partial charge is 0.388 e. The number of aromatic nitrogens is 1. The standard InChI is InChI=1S/C16H26N4/c1-17-14-5-7-18-15(11-14)12-19-10-6-16(13-19)20-8-3-2-4-9-20/h5,7,11,16H,2-4,6,8-10,12-13H2,1H3,(H,17,18). The minimum absolute atomic E-state index is 0.780. The SMILES string of the molecule is CNc1ccnc(CN2CCC(N3CCCCC3)C2)c1. The molecule has 0 radical (unpaired) electrons. The first-order valence-electron chi connectivity index (χ1n) is 7.94. The van der Waals surface area contributed by atoms with Crippen molar-refractivity contribution >= 4 is 5.69 Å². The Hall–Kier alpha value is -1.13. The van der Waals surface area contributed by atoms with Crippen LogP contribution < -0.4 is 5.32 Å². The molecule has 0 amide bonds. The molecule has 2 aliphatic heterocycles. The zero-order valence-corrected chi connectivity index (χ0v) is 12.5. The third-order valence-corrected chi connectivity index (χ3v) is 4.65. The summed E-state index contributed by atoms with van der Waals surface area (Å²) in [4.78, 5) is 9.76. The van der Waals surface area contributed by atoms with Crippen LogP contribution in [-0.2, 0) is 6.54 Å². The summed E-state index contributed by atoms with van der Waals surface area (Å²) in [6.07, 6.45) is 7.43. The van der Waals surface area contributed by atoms with Crippen molar-refractivity contribution in [1.82, 2.24) is 14.8 Å². The van der Waals surface area contributed by atoms with Gasteiger partial charge in [0.15, 0.2) is 0 Å². The molecule has 20 heavy (non-hydrogen) atoms. The molecule has 2 fully saturated rings. The number of nitrogens with zero attached hydrogens (tertiary/aromatic N) is 3. The van der Waals surface area contributed by atoms with Crippen LogP contribution in [0.4, 0.5) is 5.69 Å². The molecule has 2 aliphatic rings. The van der Waals surface area contributed by atoms with Crippen molar-refractivity contribution in [3.63, 3.8) is 0 Å². The van der Waals surface area contributed by atoms with Crippen LogP contribution >= 0.6 is 0 Å². The van der Waals surface area contributed by atoms with E-state index in [1.54, 1.807) is 0 Å². The molecule has 4 nitrogen and oxygen atoms in total. The first-order chi connectivity index (χ1) is 9.85. The molecule has 0 bridgehead atoms. The summed E-state index contributed by atoms with van der Waals surface area (Å²) < 4.78 is 0. The lowest BCUT2D eigenvalue weighted by atomic mass is 10.1. The monoisotopic (exact) mass is 274 g/mol. The number of anilines is 1. The summed E-state index contributed by atoms with van der Waals surface area (Å²) in [6.45, 7) is 6.04. The lowest BCUT2D eigenvalue weighted by Gasteiger charge is -2.32. The Morgan fingerprint density at radius 3 is 2.90 bits per heavy atom. The molecular formula is C16H26N4. The van der Waals surface area contributed by atoms with Gasteiger partial charge in [-0.05, 0) is 44.5 Å². The molecule has 1 unspecified atom stereocenters. The lowest BCUT2D eigenvalue weighted by Crippen LogP contribution is -2.40. The van der Waals surface area contributed by atoms with Crippen molar-refractivity contribution in [2.45, 2.75) is 38.3 Å². The first-order valence-corrected chi connectivity index (χ1v) is 7.94. The van der Waals surface area contributed by atoms with Gasteiger partial charge in [0.25, 0.3) is 0 Å². The summed E-state index contributed by atoms with van der Waals surface area (Å²) in [5.74, 6) is 0. The average Bonchev–Trinajstić information content (AvgIpc) is 2.97. The number of rotatable bonds is 4. The molecule has 0 aliphatic carbocycles. The first kappa shape index (κ1) is 13.8. The Kier molecular flexibility index (Phi) is 4.53. The smallest absolute Gasteiger partial charge is 0.0564 e. The van der Waals surface area contributed by atoms with Crippen LogP contribution in [0.1, 0.15) is 31.4 Å². The van der Waals surface area contributed by atoms with E-state index in [1.165, 1.54) is 57.6 Å². The molecular weight excluding hydrogens is 248 g/mol. The number of pyridine rings is 1. The van der Waals surface area contributed by atoms with Gasteiger partial charge >= 0.3 is 0 Å². The number of hydrogen-bond donors (Lipinski definition) is 1. The summed E-state index contributed by atoms with van der Waals surface area (Å²) in [5, 5.41) is 3.19. The fourth-order valence-electron chi connectivity index (χ4n) is 3.49. The van der Waals surface area contributed by atoms with Gasteiger partial charge in [0.05, 0.1) is 5.69 Å². The van der Waals surface area contributed by atoms with Crippen molar-refractivity contribution in [3.05, 3.63) is 24.0 Å². The molecule has 3 rings (SSSR count). The van der Waals surface area contributed by atoms with Crippen LogP contribution in [0, 0.1) is 0 Å². The normalized spacial score (nSPS) is 24.9. The van der Waals surface area contributed by atoms with Gasteiger partial charge < -0.3 is 5.32 Å². The summed E-state index contributed by atoms with van der Waals surface area (Å²) in [6, 6.07) is 4.96. The Morgan fingerprint density at radius 1 is 1.25 bits per heavy atom. The summed E-state index contributed by atoms with van der Waals surface area (Å²) >= 11 is 0. The van der Waals surface area contributed by atoms with Crippen LogP contribution in [-0.4, -0.2) is 54.1 Å². The van der Waals surface area contributed by atoms with Crippen molar-refractivity contribution < 1.29 is 0 Å². The van der Waals surface area contributed by atoms with E-state index in [4.69, 9.17) is 0 Å². The molecule has 0 aromatic carbocycles. The second-order valence-electron chi connectivity index (χ2n) is 6.06. The highest BCUT2D eigenvalue weighted by molar-refractivity contribution is 5.42. The predicted octanol–water partition coefficient (Wildman–Crippen LogP) is 2.18. The van der Waals surface area contributed by atoms with Gasteiger partial charge in [-0.25, -0.2) is 0 Å². The third-order valence-electron chi connectivity index (χ3n) is 4.65. The molecule has 0 saturated carbocycles. The van der Waals surface area contributed by atoms with Crippen LogP contribution in [0.5, 0.6) is 0 Å². The van der Waals surface area contributed by atoms with E-state index in [9.17, 15) is 0 Å². The van der Waals surface area contributed by atoms with Gasteiger partial charge in [-0.2, -0.15) is 0 Å². The zero-order chi connectivity index (χ0) is 13.8. The van der Waals surface area contributed by atoms with Crippen molar-refractivity contribution in [2.24, 2.45) is 0 Å². The topological polar surface area (TPSA) is 31.4 Å². The Morgan fingerprint density at radius 2 is 2.10 bits per heavy atom. The van der Waals surface area contributed by atoms with E-state index < -0.39 is 0 Å². The minimum atomic E-state index is 0.780. The highest BCUT2D eigenvalue weighted by atomic mass is 15.3. The number of nitrogens with one attached hydrogen (secondary N) is 1. The number of piperidine rings is 1. The second kappa shape index (κ2) is 6.55. The van der Waals surface area contributed by atoms with Crippen molar-refractivity contribution in [1.29, 1.82) is 0 Å². The van der Waals surface area contributed by atoms with Crippen LogP contribution in [0.2, 0.25) is 0 Å². The van der Waals surface area contributed by atoms with Crippen LogP contribution in [0.25, 0.3) is 0 Å². The third kappa shape index (κ3) is 3.30. The Labute approximate surface area is 122 Å². The molecule has 1 N–H and O–H groups in total. The maximum atomic E-state index is 4.49. The molecule has 110 valence electrons. The molecule has 3 heterocycles. The van der Waals surface area contributed by atoms with Crippen molar-refractivity contribution in [3.8, 4) is 0 Å². The quantitative estimate of drug-likeness (QED) is 0.912. The molecule has 1 aromatic rings. The maximum Gasteiger partial charge on any atom is 0.0564 e. The Balaban J connectivity index is 1.54. The summed E-state index contributed by atoms with van der Waals surface area (Å²) in [5.41, 5.74) is 2.33. The van der Waals surface area contributed by atoms with E-state index in [2.05, 4.69) is 26.2 Å². The van der Waals surface area contributed by atoms with Gasteiger partial charge in [-0.1, -0.05) is 6.42 Å². The second-order valence-corrected chi connectivity index (χ2v) is 6.06. The molecule has 0 spiro atoms. The minimum Gasteiger partial charge on any atom is -0.388 e. The van der Waals surface area contributed by atoms with E-state index >= 15 is 0 Å². The van der Waals surface area contributed by atoms with Crippen LogP contribution in [0.3, 0.4) is 0 Å². The zero-order valence-electron chi connectivity index (χ0n) is 12.5. The van der Waals surface area contributed by atoms with Gasteiger partial charge in [-0.3, -0.25) is 14.8 Å². The van der Waals surface area contributed by atoms with E-state index in [0.29, 0.717) is 0 Å². The summed E-state index contributed by atoms with van der Waals surface area (Å²) in [7, 11) is 1.96. The fraction of sp³-hybridized carbons (Fsp3) is 0.688. The van der Waals surface area contributed by atoms with Gasteiger partial charge in [-0.15, -0.1) is 0 Å². The number of hydrogen-bond acceptors (Lipinski definition) is 4.